The first-order valence-corrected chi connectivity index (χ1v) is 8.92. The van der Waals surface area contributed by atoms with Gasteiger partial charge >= 0.3 is 0 Å². The first-order valence-electron chi connectivity index (χ1n) is 8.04. The fourth-order valence-electron chi connectivity index (χ4n) is 2.57. The Labute approximate surface area is 153 Å². The average Bonchev–Trinajstić information content (AvgIpc) is 3.15. The largest absolute Gasteiger partial charge is 0.461 e. The van der Waals surface area contributed by atoms with Gasteiger partial charge in [0.15, 0.2) is 0 Å². The number of carbonyl (C=O) groups excluding carboxylic acids is 1. The number of hydrogen-bond donors (Lipinski definition) is 1. The van der Waals surface area contributed by atoms with E-state index in [-0.39, 0.29) is 5.57 Å². The molecule has 0 radical (unpaired) electrons. The van der Waals surface area contributed by atoms with Crippen molar-refractivity contribution >= 4 is 29.4 Å². The Morgan fingerprint density at radius 1 is 1.35 bits per heavy atom. The van der Waals surface area contributed by atoms with Gasteiger partial charge in [-0.25, -0.2) is 0 Å². The maximum atomic E-state index is 12.3. The van der Waals surface area contributed by atoms with Gasteiger partial charge in [-0.2, -0.15) is 14.0 Å². The van der Waals surface area contributed by atoms with Crippen LogP contribution in [-0.2, 0) is 4.79 Å². The Hall–Kier alpha value is -2.59. The first kappa shape index (κ1) is 18.2. The minimum atomic E-state index is -2.50. The number of thioether (sulfide) groups is 1. The van der Waals surface area contributed by atoms with Crippen LogP contribution in [0.15, 0.2) is 51.3 Å². The molecule has 1 aliphatic carbocycles. The second-order valence-corrected chi connectivity index (χ2v) is 7.15. The highest BCUT2D eigenvalue weighted by atomic mass is 32.2. The maximum Gasteiger partial charge on any atom is 0.288 e. The summed E-state index contributed by atoms with van der Waals surface area (Å²) < 4.78 is 30.3. The lowest BCUT2D eigenvalue weighted by molar-refractivity contribution is -0.112. The van der Waals surface area contributed by atoms with Crippen molar-refractivity contribution < 1.29 is 18.0 Å². The van der Waals surface area contributed by atoms with E-state index in [1.807, 2.05) is 12.1 Å². The van der Waals surface area contributed by atoms with Crippen LogP contribution in [0.4, 0.5) is 14.5 Å². The molecule has 0 aliphatic heterocycles. The third-order valence-electron chi connectivity index (χ3n) is 4.11. The van der Waals surface area contributed by atoms with E-state index in [4.69, 9.17) is 4.42 Å². The molecule has 0 unspecified atom stereocenters. The highest BCUT2D eigenvalue weighted by Crippen LogP contribution is 2.47. The molecule has 1 heterocycles. The summed E-state index contributed by atoms with van der Waals surface area (Å²) >= 11 is 0.426. The van der Waals surface area contributed by atoms with Crippen molar-refractivity contribution in [3.05, 3.63) is 53.5 Å². The second-order valence-electron chi connectivity index (χ2n) is 6.09. The quantitative estimate of drug-likeness (QED) is 0.425. The molecule has 0 spiro atoms. The molecule has 1 saturated carbocycles. The van der Waals surface area contributed by atoms with E-state index in [0.717, 1.165) is 12.2 Å². The molecule has 7 heteroatoms. The van der Waals surface area contributed by atoms with Crippen molar-refractivity contribution in [1.82, 2.24) is 0 Å². The summed E-state index contributed by atoms with van der Waals surface area (Å²) in [4.78, 5) is 12.6. The molecule has 1 fully saturated rings. The summed E-state index contributed by atoms with van der Waals surface area (Å²) in [5.74, 6) is -0.744. The topological polar surface area (TPSA) is 66.0 Å². The lowest BCUT2D eigenvalue weighted by atomic mass is 10.2. The Morgan fingerprint density at radius 3 is 2.62 bits per heavy atom. The van der Waals surface area contributed by atoms with Gasteiger partial charge in [-0.1, -0.05) is 18.7 Å². The van der Waals surface area contributed by atoms with Crippen molar-refractivity contribution in [2.45, 2.75) is 29.9 Å². The lowest BCUT2D eigenvalue weighted by Crippen LogP contribution is -2.13. The van der Waals surface area contributed by atoms with Crippen LogP contribution >= 0.6 is 11.8 Å². The Balaban J connectivity index is 1.67. The molecule has 1 aromatic carbocycles. The Kier molecular flexibility index (Phi) is 5.43. The molecular formula is C19H16F2N2O2S. The number of anilines is 1. The summed E-state index contributed by atoms with van der Waals surface area (Å²) in [6.45, 7) is 2.14. The van der Waals surface area contributed by atoms with Crippen LogP contribution in [0.5, 0.6) is 0 Å². The third kappa shape index (κ3) is 4.52. The van der Waals surface area contributed by atoms with E-state index in [1.54, 1.807) is 6.07 Å². The van der Waals surface area contributed by atoms with E-state index < -0.39 is 11.7 Å². The number of halogens is 2. The van der Waals surface area contributed by atoms with Gasteiger partial charge in [0.25, 0.3) is 11.7 Å². The molecule has 0 bridgehead atoms. The van der Waals surface area contributed by atoms with E-state index >= 15 is 0 Å². The molecule has 1 aromatic heterocycles. The molecule has 2 atom stereocenters. The van der Waals surface area contributed by atoms with E-state index in [0.29, 0.717) is 39.9 Å². The first-order chi connectivity index (χ1) is 12.5. The third-order valence-corrected chi connectivity index (χ3v) is 4.83. The minimum Gasteiger partial charge on any atom is -0.461 e. The van der Waals surface area contributed by atoms with Crippen LogP contribution in [0.2, 0.25) is 0 Å². The van der Waals surface area contributed by atoms with Gasteiger partial charge in [-0.05, 0) is 48.7 Å². The molecule has 4 nitrogen and oxygen atoms in total. The highest BCUT2D eigenvalue weighted by molar-refractivity contribution is 7.99. The molecule has 26 heavy (non-hydrogen) atoms. The molecule has 1 N–H and O–H groups in total. The van der Waals surface area contributed by atoms with Crippen LogP contribution in [0.1, 0.15) is 30.8 Å². The van der Waals surface area contributed by atoms with Crippen molar-refractivity contribution in [3.63, 3.8) is 0 Å². The van der Waals surface area contributed by atoms with E-state index in [9.17, 15) is 18.8 Å². The van der Waals surface area contributed by atoms with Crippen LogP contribution in [0.3, 0.4) is 0 Å². The number of amides is 1. The van der Waals surface area contributed by atoms with Crippen molar-refractivity contribution in [3.8, 4) is 6.07 Å². The average molecular weight is 374 g/mol. The minimum absolute atomic E-state index is 0.0965. The summed E-state index contributed by atoms with van der Waals surface area (Å²) in [5, 5.41) is 11.8. The SMILES string of the molecule is C[C@@H]1C[C@@H]1c1ccc(/C=C(\C#N)C(=O)Nc2ccc(SC(F)F)cc2)o1. The summed E-state index contributed by atoms with van der Waals surface area (Å²) in [7, 11) is 0. The molecule has 3 rings (SSSR count). The second kappa shape index (κ2) is 7.75. The highest BCUT2D eigenvalue weighted by Gasteiger charge is 2.36. The van der Waals surface area contributed by atoms with Crippen molar-refractivity contribution in [2.24, 2.45) is 5.92 Å². The van der Waals surface area contributed by atoms with Gasteiger partial charge in [-0.15, -0.1) is 0 Å². The van der Waals surface area contributed by atoms with Gasteiger partial charge in [-0.3, -0.25) is 4.79 Å². The summed E-state index contributed by atoms with van der Waals surface area (Å²) in [6, 6.07) is 11.5. The Bertz CT molecular complexity index is 868. The van der Waals surface area contributed by atoms with Gasteiger partial charge in [0, 0.05) is 22.6 Å². The smallest absolute Gasteiger partial charge is 0.288 e. The molecule has 134 valence electrons. The summed E-state index contributed by atoms with van der Waals surface area (Å²) in [6.07, 6.45) is 2.48. The van der Waals surface area contributed by atoms with E-state index in [1.165, 1.54) is 30.3 Å². The molecule has 1 aliphatic rings. The summed E-state index contributed by atoms with van der Waals surface area (Å²) in [5.41, 5.74) is 0.322. The normalized spacial score (nSPS) is 19.3. The van der Waals surface area contributed by atoms with Crippen LogP contribution in [0.25, 0.3) is 6.08 Å². The van der Waals surface area contributed by atoms with Gasteiger partial charge in [0.2, 0.25) is 0 Å². The predicted molar refractivity (Wildman–Crippen MR) is 95.8 cm³/mol. The van der Waals surface area contributed by atoms with E-state index in [2.05, 4.69) is 12.2 Å². The van der Waals surface area contributed by atoms with Gasteiger partial charge in [0.05, 0.1) is 0 Å². The zero-order chi connectivity index (χ0) is 18.7. The number of carbonyl (C=O) groups is 1. The lowest BCUT2D eigenvalue weighted by Gasteiger charge is -2.05. The van der Waals surface area contributed by atoms with Crippen molar-refractivity contribution in [2.75, 3.05) is 5.32 Å². The molecule has 0 saturated heterocycles. The van der Waals surface area contributed by atoms with Crippen molar-refractivity contribution in [1.29, 1.82) is 5.26 Å². The van der Waals surface area contributed by atoms with Crippen LogP contribution in [0, 0.1) is 17.2 Å². The number of rotatable bonds is 6. The van der Waals surface area contributed by atoms with Gasteiger partial charge < -0.3 is 9.73 Å². The maximum absolute atomic E-state index is 12.3. The number of nitrogens with one attached hydrogen (secondary N) is 1. The fraction of sp³-hybridized carbons (Fsp3) is 0.263. The molecule has 2 aromatic rings. The standard InChI is InChI=1S/C19H16F2N2O2S/c1-11-8-16(11)17-7-4-14(25-17)9-12(10-22)18(24)23-13-2-5-15(6-3-13)26-19(20)21/h2-7,9,11,16,19H,8H2,1H3,(H,23,24)/b12-9+/t11-,16+/m1/s1. The monoisotopic (exact) mass is 374 g/mol. The number of benzene rings is 1. The Morgan fingerprint density at radius 2 is 2.04 bits per heavy atom. The number of alkyl halides is 2. The number of hydrogen-bond acceptors (Lipinski definition) is 4. The van der Waals surface area contributed by atoms with Crippen LogP contribution < -0.4 is 5.32 Å². The van der Waals surface area contributed by atoms with Crippen LogP contribution in [-0.4, -0.2) is 11.7 Å². The zero-order valence-electron chi connectivity index (χ0n) is 13.9. The number of nitriles is 1. The van der Waals surface area contributed by atoms with Gasteiger partial charge in [0.1, 0.15) is 23.2 Å². The fourth-order valence-corrected chi connectivity index (χ4v) is 3.07. The molecule has 1 amide bonds. The zero-order valence-corrected chi connectivity index (χ0v) is 14.7. The number of nitrogens with zero attached hydrogens (tertiary/aromatic N) is 1. The number of furan rings is 1. The predicted octanol–water partition coefficient (Wildman–Crippen LogP) is 5.26. The molecular weight excluding hydrogens is 358 g/mol.